The van der Waals surface area contributed by atoms with Gasteiger partial charge in [-0.1, -0.05) is 11.8 Å². The van der Waals surface area contributed by atoms with E-state index in [-0.39, 0.29) is 11.5 Å². The number of hydrogen-bond donors (Lipinski definition) is 2. The molecule has 0 heterocycles. The average molecular weight is 394 g/mol. The van der Waals surface area contributed by atoms with E-state index in [4.69, 9.17) is 18.9 Å². The standard InChI is InChI=1S/C20H26O6S/c1-5-23-15-9-13(10-16(19(15)21)24-6-2)27-14-11-17(25-7-3)20(22)18(12-14)26-8-4/h9-12,21-22H,5-8H2,1-4H3. The lowest BCUT2D eigenvalue weighted by atomic mass is 10.3. The molecule has 0 saturated heterocycles. The number of phenols is 2. The van der Waals surface area contributed by atoms with Gasteiger partial charge in [0.15, 0.2) is 23.0 Å². The van der Waals surface area contributed by atoms with E-state index < -0.39 is 0 Å². The first-order valence-corrected chi connectivity index (χ1v) is 9.78. The van der Waals surface area contributed by atoms with Crippen LogP contribution >= 0.6 is 11.8 Å². The van der Waals surface area contributed by atoms with Crippen LogP contribution in [0.3, 0.4) is 0 Å². The summed E-state index contributed by atoms with van der Waals surface area (Å²) in [5.41, 5.74) is 0. The molecule has 0 aliphatic rings. The van der Waals surface area contributed by atoms with Gasteiger partial charge in [0, 0.05) is 9.79 Å². The first-order chi connectivity index (χ1) is 13.0. The lowest BCUT2D eigenvalue weighted by Crippen LogP contribution is -1.98. The third-order valence-electron chi connectivity index (χ3n) is 3.46. The van der Waals surface area contributed by atoms with Gasteiger partial charge >= 0.3 is 0 Å². The number of hydrogen-bond acceptors (Lipinski definition) is 7. The second-order valence-electron chi connectivity index (χ2n) is 5.37. The molecule has 2 aromatic rings. The van der Waals surface area contributed by atoms with Gasteiger partial charge in [-0.15, -0.1) is 0 Å². The molecule has 27 heavy (non-hydrogen) atoms. The Bertz CT molecular complexity index is 645. The van der Waals surface area contributed by atoms with Crippen molar-refractivity contribution in [2.24, 2.45) is 0 Å². The van der Waals surface area contributed by atoms with Gasteiger partial charge in [-0.2, -0.15) is 0 Å². The van der Waals surface area contributed by atoms with Crippen molar-refractivity contribution in [3.8, 4) is 34.5 Å². The Balaban J connectivity index is 2.42. The summed E-state index contributed by atoms with van der Waals surface area (Å²) >= 11 is 1.42. The van der Waals surface area contributed by atoms with Gasteiger partial charge in [0.2, 0.25) is 11.5 Å². The number of aromatic hydroxyl groups is 2. The van der Waals surface area contributed by atoms with Crippen molar-refractivity contribution in [1.82, 2.24) is 0 Å². The largest absolute Gasteiger partial charge is 0.502 e. The van der Waals surface area contributed by atoms with E-state index in [0.29, 0.717) is 49.4 Å². The summed E-state index contributed by atoms with van der Waals surface area (Å²) in [5, 5.41) is 20.5. The molecule has 2 aromatic carbocycles. The summed E-state index contributed by atoms with van der Waals surface area (Å²) in [4.78, 5) is 1.63. The molecule has 0 fully saturated rings. The summed E-state index contributed by atoms with van der Waals surface area (Å²) in [6.45, 7) is 9.10. The van der Waals surface area contributed by atoms with Gasteiger partial charge in [0.25, 0.3) is 0 Å². The number of rotatable bonds is 10. The van der Waals surface area contributed by atoms with Crippen molar-refractivity contribution in [2.45, 2.75) is 37.5 Å². The quantitative estimate of drug-likeness (QED) is 0.597. The maximum Gasteiger partial charge on any atom is 0.200 e. The molecule has 0 aromatic heterocycles. The Hall–Kier alpha value is -2.41. The minimum Gasteiger partial charge on any atom is -0.502 e. The Morgan fingerprint density at radius 2 is 0.852 bits per heavy atom. The number of ether oxygens (including phenoxy) is 4. The van der Waals surface area contributed by atoms with E-state index in [1.54, 1.807) is 24.3 Å². The van der Waals surface area contributed by atoms with Crippen LogP contribution < -0.4 is 18.9 Å². The molecule has 0 atom stereocenters. The predicted molar refractivity (Wildman–Crippen MR) is 105 cm³/mol. The van der Waals surface area contributed by atoms with Gasteiger partial charge in [-0.05, 0) is 52.0 Å². The van der Waals surface area contributed by atoms with Crippen molar-refractivity contribution >= 4 is 11.8 Å². The zero-order valence-corrected chi connectivity index (χ0v) is 16.9. The molecule has 2 rings (SSSR count). The first-order valence-electron chi connectivity index (χ1n) is 8.96. The van der Waals surface area contributed by atoms with Crippen LogP contribution in [0, 0.1) is 0 Å². The van der Waals surface area contributed by atoms with E-state index in [1.165, 1.54) is 11.8 Å². The van der Waals surface area contributed by atoms with E-state index in [9.17, 15) is 10.2 Å². The molecular weight excluding hydrogens is 368 g/mol. The third-order valence-corrected chi connectivity index (χ3v) is 4.40. The second kappa shape index (κ2) is 10.1. The Kier molecular flexibility index (Phi) is 7.79. The summed E-state index contributed by atoms with van der Waals surface area (Å²) in [6.07, 6.45) is 0. The monoisotopic (exact) mass is 394 g/mol. The smallest absolute Gasteiger partial charge is 0.200 e. The van der Waals surface area contributed by atoms with Crippen LogP contribution in [0.1, 0.15) is 27.7 Å². The number of benzene rings is 2. The van der Waals surface area contributed by atoms with Crippen LogP contribution in [0.15, 0.2) is 34.1 Å². The van der Waals surface area contributed by atoms with Gasteiger partial charge in [-0.25, -0.2) is 0 Å². The van der Waals surface area contributed by atoms with E-state index in [1.807, 2.05) is 27.7 Å². The molecule has 0 spiro atoms. The normalized spacial score (nSPS) is 10.5. The van der Waals surface area contributed by atoms with Crippen molar-refractivity contribution in [2.75, 3.05) is 26.4 Å². The summed E-state index contributed by atoms with van der Waals surface area (Å²) in [7, 11) is 0. The fraction of sp³-hybridized carbons (Fsp3) is 0.400. The maximum absolute atomic E-state index is 10.3. The van der Waals surface area contributed by atoms with Gasteiger partial charge < -0.3 is 29.2 Å². The molecule has 6 nitrogen and oxygen atoms in total. The van der Waals surface area contributed by atoms with E-state index in [2.05, 4.69) is 0 Å². The zero-order valence-electron chi connectivity index (χ0n) is 16.1. The summed E-state index contributed by atoms with van der Waals surface area (Å²) < 4.78 is 22.1. The molecule has 0 aliphatic carbocycles. The van der Waals surface area contributed by atoms with Crippen LogP contribution in [-0.4, -0.2) is 36.6 Å². The SMILES string of the molecule is CCOc1cc(Sc2cc(OCC)c(O)c(OCC)c2)cc(OCC)c1O. The highest BCUT2D eigenvalue weighted by atomic mass is 32.2. The highest BCUT2D eigenvalue weighted by molar-refractivity contribution is 7.99. The molecule has 0 radical (unpaired) electrons. The summed E-state index contributed by atoms with van der Waals surface area (Å²) in [6, 6.07) is 7.00. The molecule has 7 heteroatoms. The lowest BCUT2D eigenvalue weighted by Gasteiger charge is -2.15. The van der Waals surface area contributed by atoms with Crippen LogP contribution in [0.5, 0.6) is 34.5 Å². The second-order valence-corrected chi connectivity index (χ2v) is 6.52. The molecule has 0 amide bonds. The van der Waals surface area contributed by atoms with Gasteiger partial charge in [0.05, 0.1) is 26.4 Å². The van der Waals surface area contributed by atoms with Crippen molar-refractivity contribution < 1.29 is 29.2 Å². The fourth-order valence-corrected chi connectivity index (χ4v) is 3.37. The van der Waals surface area contributed by atoms with E-state index >= 15 is 0 Å². The zero-order chi connectivity index (χ0) is 19.8. The van der Waals surface area contributed by atoms with Crippen molar-refractivity contribution in [3.63, 3.8) is 0 Å². The topological polar surface area (TPSA) is 77.4 Å². The van der Waals surface area contributed by atoms with Crippen LogP contribution in [0.4, 0.5) is 0 Å². The Morgan fingerprint density at radius 3 is 1.07 bits per heavy atom. The average Bonchev–Trinajstić information content (AvgIpc) is 2.63. The van der Waals surface area contributed by atoms with Crippen molar-refractivity contribution in [3.05, 3.63) is 24.3 Å². The van der Waals surface area contributed by atoms with E-state index in [0.717, 1.165) is 9.79 Å². The predicted octanol–water partition coefficient (Wildman–Crippen LogP) is 4.84. The minimum absolute atomic E-state index is 0.0150. The van der Waals surface area contributed by atoms with Crippen LogP contribution in [0.2, 0.25) is 0 Å². The minimum atomic E-state index is -0.0150. The fourth-order valence-electron chi connectivity index (χ4n) is 2.43. The van der Waals surface area contributed by atoms with Crippen LogP contribution in [0.25, 0.3) is 0 Å². The molecule has 0 unspecified atom stereocenters. The molecule has 0 aliphatic heterocycles. The van der Waals surface area contributed by atoms with Gasteiger partial charge in [0.1, 0.15) is 0 Å². The molecular formula is C20H26O6S. The summed E-state index contributed by atoms with van der Waals surface area (Å²) in [5.74, 6) is 1.41. The number of phenolic OH excluding ortho intramolecular Hbond substituents is 2. The maximum atomic E-state index is 10.3. The van der Waals surface area contributed by atoms with Crippen molar-refractivity contribution in [1.29, 1.82) is 0 Å². The Morgan fingerprint density at radius 1 is 0.593 bits per heavy atom. The molecule has 148 valence electrons. The highest BCUT2D eigenvalue weighted by Gasteiger charge is 2.16. The highest BCUT2D eigenvalue weighted by Crippen LogP contribution is 2.45. The van der Waals surface area contributed by atoms with Crippen LogP contribution in [-0.2, 0) is 0 Å². The third kappa shape index (κ3) is 5.29. The molecule has 2 N–H and O–H groups in total. The lowest BCUT2D eigenvalue weighted by molar-refractivity contribution is 0.288. The Labute approximate surface area is 164 Å². The first kappa shape index (κ1) is 20.9. The van der Waals surface area contributed by atoms with Gasteiger partial charge in [-0.3, -0.25) is 0 Å². The molecule has 0 bridgehead atoms. The molecule has 0 saturated carbocycles.